The highest BCUT2D eigenvalue weighted by atomic mass is 32.1. The van der Waals surface area contributed by atoms with Crippen molar-refractivity contribution in [2.45, 2.75) is 45.6 Å². The lowest BCUT2D eigenvalue weighted by molar-refractivity contribution is -0.122. The average Bonchev–Trinajstić information content (AvgIpc) is 2.70. The SMILES string of the molecule is Cc1cc2c(cc1/C=C1\C(=O)NC(=S)N(c3ccccc3)C1=O)[C@H](C)CC(C)(C)N2C. The number of nitrogens with one attached hydrogen (secondary N) is 1. The number of hydrogen-bond donors (Lipinski definition) is 1. The molecule has 1 N–H and O–H groups in total. The maximum atomic E-state index is 13.3. The van der Waals surface area contributed by atoms with Gasteiger partial charge in [0.2, 0.25) is 0 Å². The van der Waals surface area contributed by atoms with Crippen molar-refractivity contribution in [1.29, 1.82) is 0 Å². The van der Waals surface area contributed by atoms with E-state index in [0.717, 1.165) is 17.5 Å². The molecule has 2 aliphatic rings. The second-order valence-electron chi connectivity index (χ2n) is 9.04. The Hall–Kier alpha value is -2.99. The Morgan fingerprint density at radius 1 is 1.16 bits per heavy atom. The van der Waals surface area contributed by atoms with E-state index in [0.29, 0.717) is 11.6 Å². The number of anilines is 2. The van der Waals surface area contributed by atoms with Crippen molar-refractivity contribution in [3.63, 3.8) is 0 Å². The quantitative estimate of drug-likeness (QED) is 0.429. The molecule has 1 fully saturated rings. The fourth-order valence-corrected chi connectivity index (χ4v) is 4.80. The van der Waals surface area contributed by atoms with Gasteiger partial charge in [0, 0.05) is 18.3 Å². The molecule has 2 aromatic rings. The monoisotopic (exact) mass is 433 g/mol. The zero-order chi connectivity index (χ0) is 22.5. The third-order valence-electron chi connectivity index (χ3n) is 6.44. The van der Waals surface area contributed by atoms with Crippen LogP contribution in [0.1, 0.15) is 49.8 Å². The van der Waals surface area contributed by atoms with Crippen LogP contribution in [0, 0.1) is 6.92 Å². The molecule has 0 unspecified atom stereocenters. The van der Waals surface area contributed by atoms with Gasteiger partial charge in [0.1, 0.15) is 5.57 Å². The molecule has 5 nitrogen and oxygen atoms in total. The zero-order valence-electron chi connectivity index (χ0n) is 18.5. The van der Waals surface area contributed by atoms with Crippen molar-refractivity contribution in [2.24, 2.45) is 0 Å². The second-order valence-corrected chi connectivity index (χ2v) is 9.42. The molecule has 4 rings (SSSR count). The summed E-state index contributed by atoms with van der Waals surface area (Å²) in [5.74, 6) is -0.503. The fraction of sp³-hybridized carbons (Fsp3) is 0.320. The number of benzene rings is 2. The first-order valence-corrected chi connectivity index (χ1v) is 10.9. The molecule has 0 radical (unpaired) electrons. The van der Waals surface area contributed by atoms with E-state index in [2.05, 4.69) is 50.2 Å². The number of para-hydroxylation sites is 1. The molecule has 2 aromatic carbocycles. The Morgan fingerprint density at radius 2 is 1.84 bits per heavy atom. The van der Waals surface area contributed by atoms with Crippen molar-refractivity contribution in [3.8, 4) is 0 Å². The molecule has 0 aliphatic carbocycles. The van der Waals surface area contributed by atoms with Crippen LogP contribution in [0.15, 0.2) is 48.0 Å². The van der Waals surface area contributed by atoms with Crippen LogP contribution in [0.25, 0.3) is 6.08 Å². The van der Waals surface area contributed by atoms with Gasteiger partial charge in [0.15, 0.2) is 5.11 Å². The van der Waals surface area contributed by atoms with Gasteiger partial charge in [-0.1, -0.05) is 25.1 Å². The van der Waals surface area contributed by atoms with Gasteiger partial charge in [-0.25, -0.2) is 0 Å². The lowest BCUT2D eigenvalue weighted by atomic mass is 9.79. The molecule has 0 aromatic heterocycles. The normalized spacial score (nSPS) is 21.9. The molecule has 1 atom stereocenters. The van der Waals surface area contributed by atoms with E-state index in [4.69, 9.17) is 12.2 Å². The van der Waals surface area contributed by atoms with Gasteiger partial charge >= 0.3 is 0 Å². The maximum absolute atomic E-state index is 13.3. The predicted octanol–water partition coefficient (Wildman–Crippen LogP) is 4.55. The Balaban J connectivity index is 1.78. The summed E-state index contributed by atoms with van der Waals surface area (Å²) in [5, 5.41) is 2.75. The smallest absolute Gasteiger partial charge is 0.270 e. The van der Waals surface area contributed by atoms with Gasteiger partial charge in [0.25, 0.3) is 11.8 Å². The minimum absolute atomic E-state index is 0.0734. The molecule has 0 saturated carbocycles. The Bertz CT molecular complexity index is 1120. The molecule has 2 amide bonds. The summed E-state index contributed by atoms with van der Waals surface area (Å²) in [7, 11) is 2.12. The van der Waals surface area contributed by atoms with Crippen LogP contribution in [0.4, 0.5) is 11.4 Å². The number of carbonyl (C=O) groups is 2. The maximum Gasteiger partial charge on any atom is 0.270 e. The van der Waals surface area contributed by atoms with Gasteiger partial charge in [-0.05, 0) is 92.4 Å². The van der Waals surface area contributed by atoms with Crippen LogP contribution in [0.5, 0.6) is 0 Å². The van der Waals surface area contributed by atoms with Gasteiger partial charge in [-0.15, -0.1) is 0 Å². The van der Waals surface area contributed by atoms with E-state index in [1.54, 1.807) is 18.2 Å². The topological polar surface area (TPSA) is 52.7 Å². The van der Waals surface area contributed by atoms with E-state index in [1.807, 2.05) is 25.1 Å². The first-order valence-electron chi connectivity index (χ1n) is 10.4. The van der Waals surface area contributed by atoms with Crippen LogP contribution in [-0.2, 0) is 9.59 Å². The third-order valence-corrected chi connectivity index (χ3v) is 6.72. The molecular formula is C25H27N3O2S. The lowest BCUT2D eigenvalue weighted by Crippen LogP contribution is -2.54. The fourth-order valence-electron chi connectivity index (χ4n) is 4.51. The summed E-state index contributed by atoms with van der Waals surface area (Å²) in [6.07, 6.45) is 2.72. The molecular weight excluding hydrogens is 406 g/mol. The van der Waals surface area contributed by atoms with Crippen LogP contribution >= 0.6 is 12.2 Å². The first kappa shape index (κ1) is 21.2. The number of carbonyl (C=O) groups excluding carboxylic acids is 2. The molecule has 0 spiro atoms. The summed E-state index contributed by atoms with van der Waals surface area (Å²) in [6, 6.07) is 13.4. The van der Waals surface area contributed by atoms with E-state index < -0.39 is 11.8 Å². The number of nitrogens with zero attached hydrogens (tertiary/aromatic N) is 2. The standard InChI is InChI=1S/C25H27N3O2S/c1-15-11-21-19(16(2)14-25(3,4)27(21)5)12-17(15)13-20-22(29)26-24(31)28(23(20)30)18-9-7-6-8-10-18/h6-13,16H,14H2,1-5H3,(H,26,29,31)/b20-13+/t16-/m1/s1. The Morgan fingerprint density at radius 3 is 2.52 bits per heavy atom. The number of amides is 2. The average molecular weight is 434 g/mol. The van der Waals surface area contributed by atoms with Crippen LogP contribution in [0.3, 0.4) is 0 Å². The summed E-state index contributed by atoms with van der Waals surface area (Å²) < 4.78 is 0. The number of thiocarbonyl (C=S) groups is 1. The highest BCUT2D eigenvalue weighted by Gasteiger charge is 2.36. The van der Waals surface area contributed by atoms with Gasteiger partial charge in [0.05, 0.1) is 5.69 Å². The van der Waals surface area contributed by atoms with Crippen LogP contribution in [-0.4, -0.2) is 29.5 Å². The van der Waals surface area contributed by atoms with Crippen molar-refractivity contribution in [1.82, 2.24) is 5.32 Å². The molecule has 1 saturated heterocycles. The lowest BCUT2D eigenvalue weighted by Gasteiger charge is -2.45. The molecule has 160 valence electrons. The van der Waals surface area contributed by atoms with Crippen molar-refractivity contribution in [2.75, 3.05) is 16.8 Å². The Labute approximate surface area is 188 Å². The molecule has 2 aliphatic heterocycles. The summed E-state index contributed by atoms with van der Waals surface area (Å²) >= 11 is 5.28. The first-order chi connectivity index (χ1) is 14.6. The van der Waals surface area contributed by atoms with E-state index in [-0.39, 0.29) is 16.2 Å². The van der Waals surface area contributed by atoms with E-state index in [9.17, 15) is 9.59 Å². The van der Waals surface area contributed by atoms with E-state index in [1.165, 1.54) is 16.2 Å². The van der Waals surface area contributed by atoms with Crippen molar-refractivity contribution < 1.29 is 9.59 Å². The minimum atomic E-state index is -0.467. The van der Waals surface area contributed by atoms with Crippen molar-refractivity contribution >= 4 is 46.6 Å². The largest absolute Gasteiger partial charge is 0.369 e. The van der Waals surface area contributed by atoms with Crippen molar-refractivity contribution in [3.05, 3.63) is 64.7 Å². The number of hydrogen-bond acceptors (Lipinski definition) is 4. The van der Waals surface area contributed by atoms with Gasteiger partial charge in [-0.3, -0.25) is 19.8 Å². The molecule has 2 heterocycles. The molecule has 31 heavy (non-hydrogen) atoms. The third kappa shape index (κ3) is 3.65. The predicted molar refractivity (Wildman–Crippen MR) is 129 cm³/mol. The number of rotatable bonds is 2. The van der Waals surface area contributed by atoms with Crippen LogP contribution in [0.2, 0.25) is 0 Å². The van der Waals surface area contributed by atoms with Gasteiger partial charge in [-0.2, -0.15) is 0 Å². The van der Waals surface area contributed by atoms with Crippen LogP contribution < -0.4 is 15.1 Å². The zero-order valence-corrected chi connectivity index (χ0v) is 19.3. The number of fused-ring (bicyclic) bond motifs is 1. The summed E-state index contributed by atoms with van der Waals surface area (Å²) in [6.45, 7) is 8.75. The number of aryl methyl sites for hydroxylation is 1. The highest BCUT2D eigenvalue weighted by molar-refractivity contribution is 7.80. The summed E-state index contributed by atoms with van der Waals surface area (Å²) in [5.41, 5.74) is 5.11. The molecule has 6 heteroatoms. The Kier molecular flexibility index (Phi) is 5.21. The summed E-state index contributed by atoms with van der Waals surface area (Å²) in [4.78, 5) is 29.6. The minimum Gasteiger partial charge on any atom is -0.369 e. The molecule has 0 bridgehead atoms. The van der Waals surface area contributed by atoms with Gasteiger partial charge < -0.3 is 4.90 Å². The highest BCUT2D eigenvalue weighted by Crippen LogP contribution is 2.43. The van der Waals surface area contributed by atoms with E-state index >= 15 is 0 Å². The second kappa shape index (κ2) is 7.61.